The third-order valence-electron chi connectivity index (χ3n) is 1.19. The molecule has 0 nitrogen and oxygen atoms in total. The third kappa shape index (κ3) is 1.01. The molecule has 0 unspecified atom stereocenters. The number of fused-ring (bicyclic) bond motifs is 1. The highest BCUT2D eigenvalue weighted by atomic mass is 127. The Morgan fingerprint density at radius 1 is 1.44 bits per heavy atom. The Kier molecular flexibility index (Phi) is 1.51. The molecule has 0 saturated heterocycles. The van der Waals surface area contributed by atoms with Gasteiger partial charge < -0.3 is 0 Å². The molecule has 2 heteroatoms. The van der Waals surface area contributed by atoms with Crippen molar-refractivity contribution in [1.82, 2.24) is 0 Å². The van der Waals surface area contributed by atoms with Crippen molar-refractivity contribution in [2.75, 3.05) is 0 Å². The Labute approximate surface area is 67.3 Å². The van der Waals surface area contributed by atoms with Crippen LogP contribution in [0.4, 0.5) is 0 Å². The summed E-state index contributed by atoms with van der Waals surface area (Å²) in [5.41, 5.74) is 0. The van der Waals surface area contributed by atoms with Crippen molar-refractivity contribution >= 4 is 46.2 Å². The molecule has 9 heavy (non-hydrogen) atoms. The van der Waals surface area contributed by atoms with Crippen LogP contribution in [0.25, 0.3) is 10.2 Å². The number of hydrogen-bond acceptors (Lipinski definition) is 1. The van der Waals surface area contributed by atoms with Crippen LogP contribution in [0.5, 0.6) is 0 Å². The molecule has 0 saturated carbocycles. The molecular weight excluding hydrogens is 243 g/mol. The molecule has 0 radical (unpaired) electrons. The first-order valence-electron chi connectivity index (χ1n) is 2.66. The van der Waals surface area contributed by atoms with E-state index in [9.17, 15) is 0 Å². The minimum absolute atomic E-state index is 0.253. The summed E-state index contributed by atoms with van der Waals surface area (Å²) in [6.45, 7) is 0. The van der Waals surface area contributed by atoms with Crippen molar-refractivity contribution in [2.45, 2.75) is 0 Å². The molecule has 0 amide bonds. The Hall–Kier alpha value is 0.0400. The lowest BCUT2D eigenvalue weighted by molar-refractivity contribution is 1.76. The molecule has 1 aromatic heterocycles. The van der Waals surface area contributed by atoms with Crippen molar-refractivity contribution in [1.29, 1.82) is 0 Å². The lowest BCUT2D eigenvalue weighted by Crippen LogP contribution is -2.17. The van der Waals surface area contributed by atoms with E-state index in [0.29, 0.717) is 0 Å². The van der Waals surface area contributed by atoms with E-state index in [1.54, 1.807) is 0 Å². The fourth-order valence-electron chi connectivity index (χ4n) is 0.754. The molecule has 0 N–H and O–H groups in total. The zero-order valence-electron chi connectivity index (χ0n) is 4.67. The molecular formula is C7H5IS. The van der Waals surface area contributed by atoms with Crippen molar-refractivity contribution in [3.8, 4) is 0 Å². The first kappa shape index (κ1) is 5.80. The highest BCUT2D eigenvalue weighted by Crippen LogP contribution is 1.98. The predicted molar refractivity (Wildman–Crippen MR) is 52.6 cm³/mol. The van der Waals surface area contributed by atoms with Crippen LogP contribution in [0.1, 0.15) is 0 Å². The molecule has 2 heterocycles. The molecule has 0 bridgehead atoms. The van der Waals surface area contributed by atoms with Gasteiger partial charge in [0.1, 0.15) is 0 Å². The quantitative estimate of drug-likeness (QED) is 0.602. The van der Waals surface area contributed by atoms with Crippen molar-refractivity contribution in [3.05, 3.63) is 21.2 Å². The van der Waals surface area contributed by atoms with Crippen LogP contribution in [0.15, 0.2) is 11.4 Å². The zero-order chi connectivity index (χ0) is 6.10. The van der Waals surface area contributed by atoms with Crippen molar-refractivity contribution in [2.24, 2.45) is 0 Å². The van der Waals surface area contributed by atoms with Crippen LogP contribution < -0.4 is 9.75 Å². The monoisotopic (exact) mass is 248 g/mol. The third-order valence-corrected chi connectivity index (χ3v) is 3.90. The summed E-state index contributed by atoms with van der Waals surface area (Å²) in [5, 5.41) is 3.61. The lowest BCUT2D eigenvalue weighted by Gasteiger charge is -1.80. The second-order valence-electron chi connectivity index (χ2n) is 1.77. The van der Waals surface area contributed by atoms with Crippen LogP contribution in [0.2, 0.25) is 0 Å². The Balaban J connectivity index is 2.99. The molecule has 1 aliphatic heterocycles. The van der Waals surface area contributed by atoms with E-state index in [2.05, 4.69) is 25.6 Å². The molecule has 0 fully saturated rings. The zero-order valence-corrected chi connectivity index (χ0v) is 7.65. The van der Waals surface area contributed by atoms with Gasteiger partial charge in [0, 0.05) is 4.53 Å². The summed E-state index contributed by atoms with van der Waals surface area (Å²) in [5.74, 6) is 0. The van der Waals surface area contributed by atoms with E-state index in [1.807, 2.05) is 11.3 Å². The molecule has 0 atom stereocenters. The maximum absolute atomic E-state index is 2.37. The summed E-state index contributed by atoms with van der Waals surface area (Å²) in [4.78, 5) is 0. The van der Waals surface area contributed by atoms with Gasteiger partial charge in [-0.2, -0.15) is 0 Å². The van der Waals surface area contributed by atoms with E-state index in [-0.39, 0.29) is 20.7 Å². The summed E-state index contributed by atoms with van der Waals surface area (Å²) in [6.07, 6.45) is 2.24. The van der Waals surface area contributed by atoms with Gasteiger partial charge in [-0.25, -0.2) is 0 Å². The Morgan fingerprint density at radius 2 is 2.44 bits per heavy atom. The highest BCUT2D eigenvalue weighted by Gasteiger charge is 1.86. The van der Waals surface area contributed by atoms with Crippen molar-refractivity contribution < 1.29 is 0 Å². The molecule has 1 aromatic rings. The minimum atomic E-state index is 0.253. The fourth-order valence-corrected chi connectivity index (χ4v) is 3.69. The molecule has 0 spiro atoms. The number of thiophene rings is 1. The number of halogens is 1. The fraction of sp³-hybridized carbons (Fsp3) is 0. The second-order valence-corrected chi connectivity index (χ2v) is 4.78. The van der Waals surface area contributed by atoms with Gasteiger partial charge in [0.15, 0.2) is 0 Å². The maximum Gasteiger partial charge on any atom is 0.0351 e. The molecule has 46 valence electrons. The average molecular weight is 248 g/mol. The van der Waals surface area contributed by atoms with Gasteiger partial charge in [-0.05, 0) is 30.8 Å². The van der Waals surface area contributed by atoms with Crippen LogP contribution >= 0.6 is 32.1 Å². The lowest BCUT2D eigenvalue weighted by atomic mass is 10.4. The van der Waals surface area contributed by atoms with E-state index < -0.39 is 0 Å². The van der Waals surface area contributed by atoms with E-state index in [1.165, 1.54) is 9.75 Å². The molecule has 0 aromatic carbocycles. The molecule has 2 rings (SSSR count). The molecule has 1 aliphatic rings. The van der Waals surface area contributed by atoms with Gasteiger partial charge in [0.2, 0.25) is 0 Å². The van der Waals surface area contributed by atoms with Crippen LogP contribution in [0, 0.1) is 0 Å². The topological polar surface area (TPSA) is 0 Å². The van der Waals surface area contributed by atoms with Crippen LogP contribution in [-0.2, 0) is 0 Å². The predicted octanol–water partition coefficient (Wildman–Crippen LogP) is 1.05. The minimum Gasteiger partial charge on any atom is -0.144 e. The van der Waals surface area contributed by atoms with Crippen LogP contribution in [0.3, 0.4) is 0 Å². The van der Waals surface area contributed by atoms with Gasteiger partial charge in [-0.3, -0.25) is 0 Å². The van der Waals surface area contributed by atoms with Gasteiger partial charge in [0.05, 0.1) is 0 Å². The van der Waals surface area contributed by atoms with Gasteiger partial charge in [0.25, 0.3) is 0 Å². The summed E-state index contributed by atoms with van der Waals surface area (Å²) in [6, 6.07) is 2.20. The van der Waals surface area contributed by atoms with E-state index in [4.69, 9.17) is 0 Å². The number of rotatable bonds is 0. The van der Waals surface area contributed by atoms with E-state index in [0.717, 1.165) is 0 Å². The second kappa shape index (κ2) is 2.34. The van der Waals surface area contributed by atoms with Gasteiger partial charge in [-0.15, -0.1) is 11.3 Å². The Morgan fingerprint density at radius 3 is 3.33 bits per heavy atom. The SMILES string of the molecule is C1=IC=c2ccsc2=C1. The maximum atomic E-state index is 2.37. The van der Waals surface area contributed by atoms with Gasteiger partial charge >= 0.3 is 0 Å². The average Bonchev–Trinajstić information content (AvgIpc) is 2.33. The normalized spacial score (nSPS) is 14.7. The Bertz CT molecular complexity index is 313. The van der Waals surface area contributed by atoms with E-state index >= 15 is 0 Å². The largest absolute Gasteiger partial charge is 0.144 e. The first-order valence-corrected chi connectivity index (χ1v) is 6.03. The first-order chi connectivity index (χ1) is 4.47. The summed E-state index contributed by atoms with van der Waals surface area (Å²) >= 11 is 2.08. The smallest absolute Gasteiger partial charge is 0.0351 e. The highest BCUT2D eigenvalue weighted by molar-refractivity contribution is 14.2. The summed E-state index contributed by atoms with van der Waals surface area (Å²) < 4.78 is 6.10. The standard InChI is InChI=1S/C7H5IS/c1-3-8-5-6-2-4-9-7(1)6/h1-5H. The number of hydrogen-bond donors (Lipinski definition) is 0. The summed E-state index contributed by atoms with van der Waals surface area (Å²) in [7, 11) is 0. The van der Waals surface area contributed by atoms with Gasteiger partial charge in [-0.1, -0.05) is 20.7 Å². The molecule has 0 aliphatic carbocycles. The van der Waals surface area contributed by atoms with Crippen LogP contribution in [-0.4, -0.2) is 4.01 Å². The van der Waals surface area contributed by atoms with Crippen molar-refractivity contribution in [3.63, 3.8) is 0 Å².